The van der Waals surface area contributed by atoms with Crippen LogP contribution in [0.25, 0.3) is 0 Å². The second kappa shape index (κ2) is 7.83. The van der Waals surface area contributed by atoms with Gasteiger partial charge in [-0.05, 0) is 36.8 Å². The van der Waals surface area contributed by atoms with Gasteiger partial charge < -0.3 is 5.11 Å². The molecule has 0 fully saturated rings. The first-order valence-electron chi connectivity index (χ1n) is 9.28. The summed E-state index contributed by atoms with van der Waals surface area (Å²) in [6, 6.07) is 10.3. The van der Waals surface area contributed by atoms with Crippen LogP contribution in [0.3, 0.4) is 0 Å². The number of fused-ring (bicyclic) bond motifs is 1. The van der Waals surface area contributed by atoms with Crippen LogP contribution in [0.4, 0.5) is 5.69 Å². The van der Waals surface area contributed by atoms with E-state index in [0.29, 0.717) is 16.8 Å². The van der Waals surface area contributed by atoms with Crippen molar-refractivity contribution < 1.29 is 40.4 Å². The molecular weight excluding hydrogens is 446 g/mol. The van der Waals surface area contributed by atoms with Crippen molar-refractivity contribution >= 4 is 37.6 Å². The third-order valence-electron chi connectivity index (χ3n) is 5.72. The smallest absolute Gasteiger partial charge is 0.335 e. The first-order chi connectivity index (χ1) is 14.2. The molecular formula is C20H22NO8S2+. The summed E-state index contributed by atoms with van der Waals surface area (Å²) in [6.07, 6.45) is 0.129. The van der Waals surface area contributed by atoms with E-state index >= 15 is 0 Å². The monoisotopic (exact) mass is 468 g/mol. The lowest BCUT2D eigenvalue weighted by Crippen LogP contribution is -2.32. The minimum absolute atomic E-state index is 0.0971. The molecule has 2 aromatic carbocycles. The molecule has 2 aromatic rings. The van der Waals surface area contributed by atoms with E-state index in [0.717, 1.165) is 5.71 Å². The van der Waals surface area contributed by atoms with Crippen LogP contribution >= 0.6 is 0 Å². The molecule has 1 aliphatic heterocycles. The standard InChI is InChI=1S/C20H21NO8S2/c1-13-20(2,15-6-4-14(5-7-15)19(22)23)17-12-16(31(27,28)29)8-9-18(17)21(13)10-3-11-30(24,25)26/h4-9,12H,3,10-11H2,1-2H3,(H2-,22,23,24,25,26,27,28,29)/p+1. The molecule has 0 radical (unpaired) electrons. The molecule has 1 atom stereocenters. The quantitative estimate of drug-likeness (QED) is 0.414. The summed E-state index contributed by atoms with van der Waals surface area (Å²) in [5, 5.41) is 9.17. The molecule has 1 heterocycles. The molecule has 9 nitrogen and oxygen atoms in total. The highest BCUT2D eigenvalue weighted by Gasteiger charge is 2.48. The summed E-state index contributed by atoms with van der Waals surface area (Å²) < 4.78 is 66.0. The van der Waals surface area contributed by atoms with Gasteiger partial charge in [0.2, 0.25) is 5.69 Å². The van der Waals surface area contributed by atoms with Crippen LogP contribution in [-0.2, 0) is 25.7 Å². The summed E-state index contributed by atoms with van der Waals surface area (Å²) in [5.74, 6) is -1.51. The fourth-order valence-electron chi connectivity index (χ4n) is 3.96. The van der Waals surface area contributed by atoms with E-state index in [2.05, 4.69) is 0 Å². The maximum Gasteiger partial charge on any atom is 0.335 e. The zero-order chi connectivity index (χ0) is 23.2. The molecule has 0 amide bonds. The van der Waals surface area contributed by atoms with Gasteiger partial charge in [0.1, 0.15) is 12.0 Å². The highest BCUT2D eigenvalue weighted by atomic mass is 32.2. The van der Waals surface area contributed by atoms with Crippen LogP contribution < -0.4 is 0 Å². The molecule has 3 N–H and O–H groups in total. The van der Waals surface area contributed by atoms with Crippen LogP contribution in [0.5, 0.6) is 0 Å². The molecule has 0 bridgehead atoms. The van der Waals surface area contributed by atoms with Crippen molar-refractivity contribution in [1.29, 1.82) is 0 Å². The average molecular weight is 469 g/mol. The molecule has 0 saturated heterocycles. The third-order valence-corrected chi connectivity index (χ3v) is 7.37. The predicted octanol–water partition coefficient (Wildman–Crippen LogP) is 2.33. The molecule has 0 spiro atoms. The van der Waals surface area contributed by atoms with E-state index in [1.807, 2.05) is 18.4 Å². The van der Waals surface area contributed by atoms with Crippen LogP contribution in [0.1, 0.15) is 41.8 Å². The van der Waals surface area contributed by atoms with Gasteiger partial charge in [-0.15, -0.1) is 0 Å². The number of carboxylic acids is 1. The molecule has 3 rings (SSSR count). The van der Waals surface area contributed by atoms with Crippen molar-refractivity contribution in [3.63, 3.8) is 0 Å². The minimum atomic E-state index is -4.46. The summed E-state index contributed by atoms with van der Waals surface area (Å²) in [7, 11) is -8.60. The highest BCUT2D eigenvalue weighted by Crippen LogP contribution is 2.45. The van der Waals surface area contributed by atoms with E-state index in [9.17, 15) is 26.2 Å². The Kier molecular flexibility index (Phi) is 5.82. The van der Waals surface area contributed by atoms with Gasteiger partial charge in [-0.2, -0.15) is 21.4 Å². The van der Waals surface area contributed by atoms with Crippen molar-refractivity contribution in [3.8, 4) is 0 Å². The van der Waals surface area contributed by atoms with E-state index in [4.69, 9.17) is 9.66 Å². The Morgan fingerprint density at radius 1 is 1.03 bits per heavy atom. The van der Waals surface area contributed by atoms with Gasteiger partial charge in [0.25, 0.3) is 20.2 Å². The maximum atomic E-state index is 11.7. The topological polar surface area (TPSA) is 149 Å². The number of carboxylic acid groups (broad SMARTS) is 1. The largest absolute Gasteiger partial charge is 0.478 e. The minimum Gasteiger partial charge on any atom is -0.478 e. The van der Waals surface area contributed by atoms with Crippen LogP contribution in [-0.4, -0.2) is 59.6 Å². The first-order valence-corrected chi connectivity index (χ1v) is 12.3. The van der Waals surface area contributed by atoms with Crippen LogP contribution in [0, 0.1) is 0 Å². The molecule has 31 heavy (non-hydrogen) atoms. The number of hydrogen-bond acceptors (Lipinski definition) is 5. The summed E-state index contributed by atoms with van der Waals surface area (Å²) in [6.45, 7) is 3.89. The predicted molar refractivity (Wildman–Crippen MR) is 113 cm³/mol. The molecule has 1 unspecified atom stereocenters. The lowest BCUT2D eigenvalue weighted by molar-refractivity contribution is -0.438. The van der Waals surface area contributed by atoms with Gasteiger partial charge in [-0.3, -0.25) is 9.11 Å². The average Bonchev–Trinajstić information content (AvgIpc) is 2.89. The van der Waals surface area contributed by atoms with Gasteiger partial charge in [0.05, 0.1) is 16.2 Å². The fraction of sp³-hybridized carbons (Fsp3) is 0.300. The Morgan fingerprint density at radius 2 is 1.65 bits per heavy atom. The molecule has 0 saturated carbocycles. The fourth-order valence-corrected chi connectivity index (χ4v) is 4.96. The lowest BCUT2D eigenvalue weighted by atomic mass is 9.74. The maximum absolute atomic E-state index is 11.7. The van der Waals surface area contributed by atoms with E-state index < -0.39 is 37.4 Å². The normalized spacial score (nSPS) is 18.8. The molecule has 0 aromatic heterocycles. The Morgan fingerprint density at radius 3 is 2.16 bits per heavy atom. The van der Waals surface area contributed by atoms with Crippen LogP contribution in [0.2, 0.25) is 0 Å². The Bertz CT molecular complexity index is 1300. The third kappa shape index (κ3) is 4.40. The number of benzene rings is 2. The first kappa shape index (κ1) is 23.1. The Hall–Kier alpha value is -2.60. The zero-order valence-corrected chi connectivity index (χ0v) is 18.4. The zero-order valence-electron chi connectivity index (χ0n) is 16.8. The van der Waals surface area contributed by atoms with E-state index in [1.165, 1.54) is 30.3 Å². The van der Waals surface area contributed by atoms with Crippen molar-refractivity contribution in [3.05, 3.63) is 59.2 Å². The lowest BCUT2D eigenvalue weighted by Gasteiger charge is -2.23. The SMILES string of the molecule is CC1=[N+](CCCS(=O)(=O)O)c2ccc(S(=O)(=O)O)cc2C1(C)c1ccc(C(=O)O)cc1. The number of nitrogens with zero attached hydrogens (tertiary/aromatic N) is 1. The summed E-state index contributed by atoms with van der Waals surface area (Å²) >= 11 is 0. The second-order valence-electron chi connectivity index (χ2n) is 7.54. The van der Waals surface area contributed by atoms with Gasteiger partial charge >= 0.3 is 5.97 Å². The van der Waals surface area contributed by atoms with E-state index in [-0.39, 0.29) is 23.4 Å². The molecule has 1 aliphatic rings. The summed E-state index contributed by atoms with van der Waals surface area (Å²) in [4.78, 5) is 10.9. The molecule has 11 heteroatoms. The van der Waals surface area contributed by atoms with Crippen molar-refractivity contribution in [2.75, 3.05) is 12.3 Å². The van der Waals surface area contributed by atoms with Gasteiger partial charge in [0, 0.05) is 25.0 Å². The number of rotatable bonds is 7. The number of hydrogen-bond donors (Lipinski definition) is 3. The molecule has 0 aliphatic carbocycles. The highest BCUT2D eigenvalue weighted by molar-refractivity contribution is 7.86. The second-order valence-corrected chi connectivity index (χ2v) is 10.5. The number of aromatic carboxylic acids is 1. The Labute approximate surface area is 180 Å². The van der Waals surface area contributed by atoms with Crippen molar-refractivity contribution in [2.24, 2.45) is 0 Å². The van der Waals surface area contributed by atoms with Crippen molar-refractivity contribution in [1.82, 2.24) is 0 Å². The molecule has 166 valence electrons. The summed E-state index contributed by atoms with van der Waals surface area (Å²) in [5.41, 5.74) is 1.87. The van der Waals surface area contributed by atoms with Gasteiger partial charge in [-0.25, -0.2) is 4.79 Å². The van der Waals surface area contributed by atoms with Crippen molar-refractivity contribution in [2.45, 2.75) is 30.6 Å². The van der Waals surface area contributed by atoms with Gasteiger partial charge in [0.15, 0.2) is 5.71 Å². The van der Waals surface area contributed by atoms with Gasteiger partial charge in [-0.1, -0.05) is 12.1 Å². The van der Waals surface area contributed by atoms with E-state index in [1.54, 1.807) is 12.1 Å². The Balaban J connectivity index is 2.17. The van der Waals surface area contributed by atoms with Crippen LogP contribution in [0.15, 0.2) is 47.4 Å². The number of carbonyl (C=O) groups is 1.